The molecule has 1 fully saturated rings. The van der Waals surface area contributed by atoms with Crippen molar-refractivity contribution in [2.24, 2.45) is 0 Å². The van der Waals surface area contributed by atoms with Crippen LogP contribution in [0.5, 0.6) is 0 Å². The number of nitro groups is 1. The van der Waals surface area contributed by atoms with Crippen molar-refractivity contribution < 1.29 is 14.1 Å². The third-order valence-corrected chi connectivity index (χ3v) is 5.28. The topological polar surface area (TPSA) is 117 Å². The van der Waals surface area contributed by atoms with E-state index in [1.165, 1.54) is 18.5 Å². The number of carbonyl (C=O) groups excluding carboxylic acids is 1. The summed E-state index contributed by atoms with van der Waals surface area (Å²) in [6, 6.07) is 15.4. The van der Waals surface area contributed by atoms with Crippen LogP contribution in [0.1, 0.15) is 5.56 Å². The average molecular weight is 451 g/mol. The second-order valence-corrected chi connectivity index (χ2v) is 7.44. The van der Waals surface area contributed by atoms with Crippen molar-refractivity contribution >= 4 is 28.9 Å². The third-order valence-electron chi connectivity index (χ3n) is 5.28. The Hall–Kier alpha value is -4.28. The molecule has 1 aliphatic rings. The molecule has 3 aromatic rings. The van der Waals surface area contributed by atoms with Crippen LogP contribution in [0, 0.1) is 15.9 Å². The lowest BCUT2D eigenvalue weighted by atomic mass is 10.1. The Balaban J connectivity index is 1.43. The van der Waals surface area contributed by atoms with Crippen LogP contribution in [-0.4, -0.2) is 47.0 Å². The number of benzene rings is 2. The lowest BCUT2D eigenvalue weighted by Crippen LogP contribution is -2.47. The molecule has 1 aromatic heterocycles. The summed E-state index contributed by atoms with van der Waals surface area (Å²) in [5.41, 5.74) is 6.42. The summed E-state index contributed by atoms with van der Waals surface area (Å²) in [5, 5.41) is 11.8. The van der Waals surface area contributed by atoms with Crippen molar-refractivity contribution in [2.45, 2.75) is 6.42 Å². The van der Waals surface area contributed by atoms with Gasteiger partial charge in [-0.2, -0.15) is 0 Å². The van der Waals surface area contributed by atoms with Crippen LogP contribution < -0.4 is 20.7 Å². The second-order valence-electron chi connectivity index (χ2n) is 7.44. The van der Waals surface area contributed by atoms with Crippen LogP contribution in [0.2, 0.25) is 0 Å². The molecule has 0 spiro atoms. The number of nitrogens with zero attached hydrogens (tertiary/aromatic N) is 5. The predicted octanol–water partition coefficient (Wildman–Crippen LogP) is 2.54. The van der Waals surface area contributed by atoms with E-state index >= 15 is 0 Å². The van der Waals surface area contributed by atoms with Crippen molar-refractivity contribution in [3.05, 3.63) is 82.4 Å². The van der Waals surface area contributed by atoms with Crippen LogP contribution in [-0.2, 0) is 11.2 Å². The Morgan fingerprint density at radius 3 is 2.33 bits per heavy atom. The highest BCUT2D eigenvalue weighted by Crippen LogP contribution is 2.32. The molecular weight excluding hydrogens is 429 g/mol. The first-order valence-corrected chi connectivity index (χ1v) is 10.3. The summed E-state index contributed by atoms with van der Waals surface area (Å²) in [6.07, 6.45) is 1.34. The Kier molecular flexibility index (Phi) is 6.58. The van der Waals surface area contributed by atoms with Gasteiger partial charge >= 0.3 is 5.69 Å². The molecule has 0 radical (unpaired) electrons. The van der Waals surface area contributed by atoms with Gasteiger partial charge in [-0.25, -0.2) is 14.4 Å². The van der Waals surface area contributed by atoms with Crippen LogP contribution in [0.4, 0.5) is 27.4 Å². The summed E-state index contributed by atoms with van der Waals surface area (Å²) in [6.45, 7) is 2.14. The zero-order chi connectivity index (χ0) is 23.2. The van der Waals surface area contributed by atoms with Crippen molar-refractivity contribution in [1.82, 2.24) is 15.4 Å². The molecule has 2 aromatic carbocycles. The van der Waals surface area contributed by atoms with Gasteiger partial charge in [0.2, 0.25) is 17.5 Å². The number of aromatic nitrogens is 2. The van der Waals surface area contributed by atoms with Gasteiger partial charge < -0.3 is 9.80 Å². The van der Waals surface area contributed by atoms with Crippen molar-refractivity contribution in [3.8, 4) is 0 Å². The first-order valence-electron chi connectivity index (χ1n) is 10.3. The number of piperazine rings is 1. The van der Waals surface area contributed by atoms with E-state index in [4.69, 9.17) is 0 Å². The van der Waals surface area contributed by atoms with Crippen LogP contribution in [0.15, 0.2) is 60.9 Å². The molecule has 1 aliphatic heterocycles. The number of hydrogen-bond donors (Lipinski definition) is 2. The van der Waals surface area contributed by atoms with Gasteiger partial charge in [-0.1, -0.05) is 30.3 Å². The molecule has 0 bridgehead atoms. The molecule has 0 saturated carbocycles. The van der Waals surface area contributed by atoms with Crippen LogP contribution in [0.25, 0.3) is 0 Å². The fourth-order valence-corrected chi connectivity index (χ4v) is 3.64. The number of amides is 1. The highest BCUT2D eigenvalue weighted by Gasteiger charge is 2.29. The molecule has 170 valence electrons. The SMILES string of the molecule is O=C(Cc1ccccc1)NNc1ncnc(N2CCN(c3ccc(F)cc3)CC2)c1[N+](=O)[O-]. The smallest absolute Gasteiger partial charge is 0.355 e. The fraction of sp³-hybridized carbons (Fsp3) is 0.227. The van der Waals surface area contributed by atoms with Crippen molar-refractivity contribution in [3.63, 3.8) is 0 Å². The summed E-state index contributed by atoms with van der Waals surface area (Å²) < 4.78 is 13.2. The Morgan fingerprint density at radius 1 is 1.00 bits per heavy atom. The molecular formula is C22H22FN7O3. The molecule has 2 heterocycles. The van der Waals surface area contributed by atoms with E-state index < -0.39 is 4.92 Å². The predicted molar refractivity (Wildman–Crippen MR) is 121 cm³/mol. The van der Waals surface area contributed by atoms with E-state index in [1.54, 1.807) is 17.0 Å². The molecule has 0 aliphatic carbocycles. The number of anilines is 3. The quantitative estimate of drug-likeness (QED) is 0.416. The number of nitrogens with one attached hydrogen (secondary N) is 2. The maximum atomic E-state index is 13.2. The first kappa shape index (κ1) is 21.9. The average Bonchev–Trinajstić information content (AvgIpc) is 2.83. The van der Waals surface area contributed by atoms with Gasteiger partial charge in [0.1, 0.15) is 12.1 Å². The highest BCUT2D eigenvalue weighted by atomic mass is 19.1. The molecule has 1 saturated heterocycles. The minimum absolute atomic E-state index is 0.0904. The normalized spacial score (nSPS) is 13.5. The molecule has 1 amide bonds. The lowest BCUT2D eigenvalue weighted by Gasteiger charge is -2.36. The van der Waals surface area contributed by atoms with E-state index in [9.17, 15) is 19.3 Å². The van der Waals surface area contributed by atoms with E-state index in [2.05, 4.69) is 25.7 Å². The number of halogens is 1. The van der Waals surface area contributed by atoms with Crippen LogP contribution in [0.3, 0.4) is 0 Å². The van der Waals surface area contributed by atoms with E-state index in [-0.39, 0.29) is 35.5 Å². The van der Waals surface area contributed by atoms with Gasteiger partial charge in [-0.3, -0.25) is 25.8 Å². The standard InChI is InChI=1S/C22H22FN7O3/c23-17-6-8-18(9-7-17)28-10-12-29(13-11-28)22-20(30(32)33)21(24-15-25-22)27-26-19(31)14-16-4-2-1-3-5-16/h1-9,15H,10-14H2,(H,26,31)(H,24,25,27). The van der Waals surface area contributed by atoms with Gasteiger partial charge in [0.25, 0.3) is 0 Å². The molecule has 11 heteroatoms. The van der Waals surface area contributed by atoms with Gasteiger partial charge in [-0.15, -0.1) is 0 Å². The van der Waals surface area contributed by atoms with Crippen molar-refractivity contribution in [1.29, 1.82) is 0 Å². The molecule has 2 N–H and O–H groups in total. The summed E-state index contributed by atoms with van der Waals surface area (Å²) in [5.74, 6) is -0.575. The van der Waals surface area contributed by atoms with Gasteiger partial charge in [-0.05, 0) is 29.8 Å². The second kappa shape index (κ2) is 9.90. The molecule has 33 heavy (non-hydrogen) atoms. The van der Waals surface area contributed by atoms with Gasteiger partial charge in [0.05, 0.1) is 11.3 Å². The Bertz CT molecular complexity index is 1120. The fourth-order valence-electron chi connectivity index (χ4n) is 3.64. The monoisotopic (exact) mass is 451 g/mol. The minimum Gasteiger partial charge on any atom is -0.368 e. The number of rotatable bonds is 7. The maximum absolute atomic E-state index is 13.2. The molecule has 10 nitrogen and oxygen atoms in total. The van der Waals surface area contributed by atoms with Crippen LogP contribution >= 0.6 is 0 Å². The maximum Gasteiger partial charge on any atom is 0.355 e. The zero-order valence-electron chi connectivity index (χ0n) is 17.6. The van der Waals surface area contributed by atoms with E-state index in [0.717, 1.165) is 11.3 Å². The van der Waals surface area contributed by atoms with E-state index in [1.807, 2.05) is 30.3 Å². The Labute approximate surface area is 189 Å². The third kappa shape index (κ3) is 5.32. The number of carbonyl (C=O) groups is 1. The number of hydrogen-bond acceptors (Lipinski definition) is 8. The number of hydrazine groups is 1. The Morgan fingerprint density at radius 2 is 1.67 bits per heavy atom. The summed E-state index contributed by atoms with van der Waals surface area (Å²) in [4.78, 5) is 35.5. The first-order chi connectivity index (χ1) is 16.0. The zero-order valence-corrected chi connectivity index (χ0v) is 17.6. The van der Waals surface area contributed by atoms with Gasteiger partial charge in [0, 0.05) is 31.9 Å². The summed E-state index contributed by atoms with van der Waals surface area (Å²) in [7, 11) is 0. The molecule has 0 unspecified atom stereocenters. The van der Waals surface area contributed by atoms with Crippen molar-refractivity contribution in [2.75, 3.05) is 41.4 Å². The largest absolute Gasteiger partial charge is 0.368 e. The minimum atomic E-state index is -0.562. The summed E-state index contributed by atoms with van der Waals surface area (Å²) >= 11 is 0. The molecule has 4 rings (SSSR count). The van der Waals surface area contributed by atoms with Gasteiger partial charge in [0.15, 0.2) is 0 Å². The highest BCUT2D eigenvalue weighted by molar-refractivity contribution is 5.81. The molecule has 0 atom stereocenters. The lowest BCUT2D eigenvalue weighted by molar-refractivity contribution is -0.383. The van der Waals surface area contributed by atoms with E-state index in [0.29, 0.717) is 26.2 Å².